The lowest BCUT2D eigenvalue weighted by atomic mass is 10.3. The van der Waals surface area contributed by atoms with E-state index in [1.165, 1.54) is 18.7 Å². The molecule has 1 aliphatic heterocycles. The standard InChI is InChI=1S/C13H20N2O/c1-2-5-13(6-3-1)14-7-4-8-15-9-11-16-12-10-15/h1-3,5-6,14H,4,7-12H2. The zero-order chi connectivity index (χ0) is 11.1. The first-order chi connectivity index (χ1) is 7.95. The van der Waals surface area contributed by atoms with E-state index in [-0.39, 0.29) is 0 Å². The summed E-state index contributed by atoms with van der Waals surface area (Å²) in [6.07, 6.45) is 1.19. The second-order valence-corrected chi connectivity index (χ2v) is 4.10. The topological polar surface area (TPSA) is 24.5 Å². The van der Waals surface area contributed by atoms with E-state index in [0.29, 0.717) is 0 Å². The van der Waals surface area contributed by atoms with Crippen molar-refractivity contribution < 1.29 is 4.74 Å². The number of morpholine rings is 1. The average Bonchev–Trinajstić information content (AvgIpc) is 2.37. The van der Waals surface area contributed by atoms with Crippen molar-refractivity contribution in [3.8, 4) is 0 Å². The number of rotatable bonds is 5. The highest BCUT2D eigenvalue weighted by atomic mass is 16.5. The molecular formula is C13H20N2O. The summed E-state index contributed by atoms with van der Waals surface area (Å²) in [4.78, 5) is 2.47. The van der Waals surface area contributed by atoms with E-state index in [1.54, 1.807) is 0 Å². The van der Waals surface area contributed by atoms with E-state index >= 15 is 0 Å². The number of nitrogens with one attached hydrogen (secondary N) is 1. The molecule has 1 heterocycles. The maximum absolute atomic E-state index is 5.32. The van der Waals surface area contributed by atoms with Gasteiger partial charge < -0.3 is 10.1 Å². The molecule has 1 fully saturated rings. The number of anilines is 1. The van der Waals surface area contributed by atoms with Crippen molar-refractivity contribution in [2.24, 2.45) is 0 Å². The second-order valence-electron chi connectivity index (χ2n) is 4.10. The Labute approximate surface area is 97.4 Å². The van der Waals surface area contributed by atoms with Crippen LogP contribution >= 0.6 is 0 Å². The van der Waals surface area contributed by atoms with Crippen LogP contribution in [0.1, 0.15) is 6.42 Å². The quantitative estimate of drug-likeness (QED) is 0.766. The molecule has 1 N–H and O–H groups in total. The number of ether oxygens (including phenoxy) is 1. The molecule has 0 saturated carbocycles. The molecule has 0 spiro atoms. The summed E-state index contributed by atoms with van der Waals surface area (Å²) >= 11 is 0. The van der Waals surface area contributed by atoms with Gasteiger partial charge in [0.05, 0.1) is 13.2 Å². The summed E-state index contributed by atoms with van der Waals surface area (Å²) in [6, 6.07) is 10.4. The first-order valence-corrected chi connectivity index (χ1v) is 6.04. The molecule has 88 valence electrons. The first kappa shape index (κ1) is 11.4. The highest BCUT2D eigenvalue weighted by Crippen LogP contribution is 2.05. The van der Waals surface area contributed by atoms with E-state index in [0.717, 1.165) is 32.8 Å². The van der Waals surface area contributed by atoms with Gasteiger partial charge in [-0.3, -0.25) is 4.90 Å². The molecule has 0 aromatic heterocycles. The molecule has 3 nitrogen and oxygen atoms in total. The van der Waals surface area contributed by atoms with Crippen LogP contribution in [0.3, 0.4) is 0 Å². The summed E-state index contributed by atoms with van der Waals surface area (Å²) < 4.78 is 5.32. The van der Waals surface area contributed by atoms with E-state index in [1.807, 2.05) is 6.07 Å². The molecule has 1 saturated heterocycles. The van der Waals surface area contributed by atoms with Crippen LogP contribution in [0.15, 0.2) is 30.3 Å². The molecule has 0 amide bonds. The number of hydrogen-bond acceptors (Lipinski definition) is 3. The minimum absolute atomic E-state index is 0.895. The Balaban J connectivity index is 1.58. The molecule has 2 rings (SSSR count). The van der Waals surface area contributed by atoms with Gasteiger partial charge in [-0.25, -0.2) is 0 Å². The van der Waals surface area contributed by atoms with Gasteiger partial charge in [0.2, 0.25) is 0 Å². The van der Waals surface area contributed by atoms with E-state index in [9.17, 15) is 0 Å². The Kier molecular flexibility index (Phi) is 4.65. The van der Waals surface area contributed by atoms with Gasteiger partial charge in [-0.15, -0.1) is 0 Å². The van der Waals surface area contributed by atoms with Crippen LogP contribution in [-0.4, -0.2) is 44.3 Å². The average molecular weight is 220 g/mol. The Bertz CT molecular complexity index is 283. The Morgan fingerprint density at radius 2 is 1.88 bits per heavy atom. The largest absolute Gasteiger partial charge is 0.385 e. The molecule has 0 bridgehead atoms. The third kappa shape index (κ3) is 3.83. The number of hydrogen-bond donors (Lipinski definition) is 1. The summed E-state index contributed by atoms with van der Waals surface area (Å²) in [5.74, 6) is 0. The van der Waals surface area contributed by atoms with Gasteiger partial charge in [0.1, 0.15) is 0 Å². The highest BCUT2D eigenvalue weighted by molar-refractivity contribution is 5.42. The fraction of sp³-hybridized carbons (Fsp3) is 0.538. The zero-order valence-electron chi connectivity index (χ0n) is 9.69. The number of nitrogens with zero attached hydrogens (tertiary/aromatic N) is 1. The van der Waals surface area contributed by atoms with Gasteiger partial charge in [-0.05, 0) is 25.1 Å². The fourth-order valence-electron chi connectivity index (χ4n) is 1.92. The molecular weight excluding hydrogens is 200 g/mol. The van der Waals surface area contributed by atoms with Crippen LogP contribution in [0.25, 0.3) is 0 Å². The Morgan fingerprint density at radius 3 is 2.62 bits per heavy atom. The lowest BCUT2D eigenvalue weighted by molar-refractivity contribution is 0.0378. The lowest BCUT2D eigenvalue weighted by Crippen LogP contribution is -2.37. The van der Waals surface area contributed by atoms with Crippen LogP contribution in [0.4, 0.5) is 5.69 Å². The van der Waals surface area contributed by atoms with Crippen LogP contribution in [-0.2, 0) is 4.74 Å². The van der Waals surface area contributed by atoms with Crippen LogP contribution in [0.5, 0.6) is 0 Å². The van der Waals surface area contributed by atoms with Gasteiger partial charge in [-0.2, -0.15) is 0 Å². The molecule has 0 atom stereocenters. The normalized spacial score (nSPS) is 17.2. The maximum Gasteiger partial charge on any atom is 0.0594 e. The Hall–Kier alpha value is -1.06. The Morgan fingerprint density at radius 1 is 1.12 bits per heavy atom. The van der Waals surface area contributed by atoms with Crippen molar-refractivity contribution in [3.63, 3.8) is 0 Å². The van der Waals surface area contributed by atoms with Crippen molar-refractivity contribution in [1.82, 2.24) is 4.90 Å². The van der Waals surface area contributed by atoms with Gasteiger partial charge in [0.25, 0.3) is 0 Å². The number of benzene rings is 1. The first-order valence-electron chi connectivity index (χ1n) is 6.04. The van der Waals surface area contributed by atoms with Crippen LogP contribution < -0.4 is 5.32 Å². The van der Waals surface area contributed by atoms with Crippen LogP contribution in [0, 0.1) is 0 Å². The van der Waals surface area contributed by atoms with Crippen molar-refractivity contribution in [2.45, 2.75) is 6.42 Å². The molecule has 16 heavy (non-hydrogen) atoms. The predicted octanol–water partition coefficient (Wildman–Crippen LogP) is 1.82. The van der Waals surface area contributed by atoms with Gasteiger partial charge in [0.15, 0.2) is 0 Å². The van der Waals surface area contributed by atoms with Crippen molar-refractivity contribution in [1.29, 1.82) is 0 Å². The molecule has 1 aromatic rings. The van der Waals surface area contributed by atoms with Gasteiger partial charge in [-0.1, -0.05) is 18.2 Å². The SMILES string of the molecule is c1ccc(NCCCN2CCOCC2)cc1. The summed E-state index contributed by atoms with van der Waals surface area (Å²) in [5, 5.41) is 3.43. The highest BCUT2D eigenvalue weighted by Gasteiger charge is 2.08. The van der Waals surface area contributed by atoms with Crippen molar-refractivity contribution in [2.75, 3.05) is 44.7 Å². The van der Waals surface area contributed by atoms with Gasteiger partial charge in [0, 0.05) is 25.3 Å². The predicted molar refractivity (Wildman–Crippen MR) is 66.8 cm³/mol. The van der Waals surface area contributed by atoms with Crippen molar-refractivity contribution >= 4 is 5.69 Å². The van der Waals surface area contributed by atoms with Crippen molar-refractivity contribution in [3.05, 3.63) is 30.3 Å². The smallest absolute Gasteiger partial charge is 0.0594 e. The zero-order valence-corrected chi connectivity index (χ0v) is 9.69. The minimum Gasteiger partial charge on any atom is -0.385 e. The van der Waals surface area contributed by atoms with E-state index < -0.39 is 0 Å². The van der Waals surface area contributed by atoms with E-state index in [2.05, 4.69) is 34.5 Å². The molecule has 3 heteroatoms. The monoisotopic (exact) mass is 220 g/mol. The molecule has 0 unspecified atom stereocenters. The number of para-hydroxylation sites is 1. The lowest BCUT2D eigenvalue weighted by Gasteiger charge is -2.26. The summed E-state index contributed by atoms with van der Waals surface area (Å²) in [5.41, 5.74) is 1.21. The third-order valence-electron chi connectivity index (χ3n) is 2.86. The molecule has 1 aromatic carbocycles. The minimum atomic E-state index is 0.895. The molecule has 0 radical (unpaired) electrons. The van der Waals surface area contributed by atoms with Crippen LogP contribution in [0.2, 0.25) is 0 Å². The second kappa shape index (κ2) is 6.51. The fourth-order valence-corrected chi connectivity index (χ4v) is 1.92. The molecule has 0 aliphatic carbocycles. The van der Waals surface area contributed by atoms with E-state index in [4.69, 9.17) is 4.74 Å². The van der Waals surface area contributed by atoms with Gasteiger partial charge >= 0.3 is 0 Å². The summed E-state index contributed by atoms with van der Waals surface area (Å²) in [6.45, 7) is 6.18. The molecule has 1 aliphatic rings. The third-order valence-corrected chi connectivity index (χ3v) is 2.86. The summed E-state index contributed by atoms with van der Waals surface area (Å²) in [7, 11) is 0. The maximum atomic E-state index is 5.32.